The van der Waals surface area contributed by atoms with Gasteiger partial charge in [-0.25, -0.2) is 0 Å². The van der Waals surface area contributed by atoms with Crippen molar-refractivity contribution < 1.29 is 4.79 Å². The van der Waals surface area contributed by atoms with Gasteiger partial charge >= 0.3 is 0 Å². The Morgan fingerprint density at radius 2 is 2.38 bits per heavy atom. The van der Waals surface area contributed by atoms with Crippen molar-refractivity contribution in [2.24, 2.45) is 0 Å². The molecular weight excluding hydrogens is 100 g/mol. The Hall–Kier alpha value is -0.770. The molecule has 1 nitrogen and oxygen atoms in total. The van der Waals surface area contributed by atoms with Crippen molar-refractivity contribution in [2.45, 2.75) is 26.2 Å². The van der Waals surface area contributed by atoms with Gasteiger partial charge in [0.2, 0.25) is 0 Å². The molecule has 0 unspecified atom stereocenters. The summed E-state index contributed by atoms with van der Waals surface area (Å²) >= 11 is 0. The zero-order chi connectivity index (χ0) is 6.41. The Labute approximate surface area is 50.1 Å². The van der Waals surface area contributed by atoms with E-state index in [0.717, 1.165) is 12.8 Å². The topological polar surface area (TPSA) is 17.1 Å². The third-order valence-corrected chi connectivity index (χ3v) is 0.850. The molecule has 8 heavy (non-hydrogen) atoms. The lowest BCUT2D eigenvalue weighted by atomic mass is 10.2. The fourth-order valence-corrected chi connectivity index (χ4v) is 0.439. The second-order valence-corrected chi connectivity index (χ2v) is 1.76. The van der Waals surface area contributed by atoms with Crippen molar-refractivity contribution in [1.82, 2.24) is 0 Å². The minimum Gasteiger partial charge on any atom is -0.300 e. The van der Waals surface area contributed by atoms with Crippen LogP contribution in [0.2, 0.25) is 0 Å². The van der Waals surface area contributed by atoms with Crippen LogP contribution in [0.1, 0.15) is 26.2 Å². The van der Waals surface area contributed by atoms with E-state index in [1.807, 2.05) is 0 Å². The first-order valence-electron chi connectivity index (χ1n) is 2.70. The van der Waals surface area contributed by atoms with Crippen molar-refractivity contribution in [1.29, 1.82) is 0 Å². The first-order valence-corrected chi connectivity index (χ1v) is 2.70. The summed E-state index contributed by atoms with van der Waals surface area (Å²) in [6.45, 7) is 1.58. The van der Waals surface area contributed by atoms with Gasteiger partial charge in [0.25, 0.3) is 0 Å². The monoisotopic (exact) mass is 110 g/mol. The van der Waals surface area contributed by atoms with Gasteiger partial charge in [0.05, 0.1) is 0 Å². The highest BCUT2D eigenvalue weighted by Gasteiger charge is 1.88. The SMILES string of the molecule is C#CCCCC(C)=O. The standard InChI is InChI=1S/C7H10O/c1-3-4-5-6-7(2)8/h1H,4-6H2,2H3. The number of terminal acetylenes is 1. The van der Waals surface area contributed by atoms with E-state index in [9.17, 15) is 4.79 Å². The van der Waals surface area contributed by atoms with Gasteiger partial charge in [-0.1, -0.05) is 0 Å². The Balaban J connectivity index is 2.97. The van der Waals surface area contributed by atoms with Crippen molar-refractivity contribution in [3.05, 3.63) is 0 Å². The number of hydrogen-bond donors (Lipinski definition) is 0. The zero-order valence-corrected chi connectivity index (χ0v) is 5.11. The van der Waals surface area contributed by atoms with Gasteiger partial charge in [-0.05, 0) is 13.3 Å². The predicted molar refractivity (Wildman–Crippen MR) is 33.4 cm³/mol. The number of hydrogen-bond acceptors (Lipinski definition) is 1. The summed E-state index contributed by atoms with van der Waals surface area (Å²) in [4.78, 5) is 10.2. The second-order valence-electron chi connectivity index (χ2n) is 1.76. The molecule has 44 valence electrons. The van der Waals surface area contributed by atoms with Gasteiger partial charge < -0.3 is 4.79 Å². The Bertz CT molecular complexity index is 108. The summed E-state index contributed by atoms with van der Waals surface area (Å²) in [5.74, 6) is 2.69. The molecule has 0 N–H and O–H groups in total. The van der Waals surface area contributed by atoms with Crippen LogP contribution < -0.4 is 0 Å². The van der Waals surface area contributed by atoms with Crippen LogP contribution in [-0.4, -0.2) is 5.78 Å². The number of carbonyl (C=O) groups excluding carboxylic acids is 1. The average Bonchev–Trinajstić information content (AvgIpc) is 1.66. The molecule has 1 heteroatoms. The van der Waals surface area contributed by atoms with Gasteiger partial charge in [0, 0.05) is 12.8 Å². The second kappa shape index (κ2) is 4.39. The van der Waals surface area contributed by atoms with Crippen LogP contribution in [0.5, 0.6) is 0 Å². The van der Waals surface area contributed by atoms with Gasteiger partial charge in [-0.15, -0.1) is 12.3 Å². The van der Waals surface area contributed by atoms with Crippen LogP contribution in [0.3, 0.4) is 0 Å². The van der Waals surface area contributed by atoms with E-state index in [-0.39, 0.29) is 5.78 Å². The molecule has 0 saturated heterocycles. The number of rotatable bonds is 3. The number of Topliss-reactive ketones (excluding diaryl/α,β-unsaturated/α-hetero) is 1. The molecule has 0 aromatic rings. The molecular formula is C7H10O. The van der Waals surface area contributed by atoms with Crippen LogP contribution in [0.4, 0.5) is 0 Å². The summed E-state index contributed by atoms with van der Waals surface area (Å²) in [6.07, 6.45) is 7.14. The largest absolute Gasteiger partial charge is 0.300 e. The average molecular weight is 110 g/mol. The molecule has 0 atom stereocenters. The highest BCUT2D eigenvalue weighted by molar-refractivity contribution is 5.75. The first kappa shape index (κ1) is 7.23. The third kappa shape index (κ3) is 5.23. The summed E-state index contributed by atoms with van der Waals surface area (Å²) in [5.41, 5.74) is 0. The predicted octanol–water partition coefficient (Wildman–Crippen LogP) is 1.38. The number of unbranched alkanes of at least 4 members (excludes halogenated alkanes) is 1. The van der Waals surface area contributed by atoms with Crippen LogP contribution in [0.15, 0.2) is 0 Å². The summed E-state index contributed by atoms with van der Waals surface area (Å²) in [7, 11) is 0. The maximum absolute atomic E-state index is 10.2. The number of carbonyl (C=O) groups is 1. The van der Waals surface area contributed by atoms with Gasteiger partial charge in [-0.2, -0.15) is 0 Å². The van der Waals surface area contributed by atoms with E-state index in [1.54, 1.807) is 6.92 Å². The van der Waals surface area contributed by atoms with Crippen LogP contribution in [0.25, 0.3) is 0 Å². The molecule has 0 aliphatic heterocycles. The molecule has 0 radical (unpaired) electrons. The molecule has 0 bridgehead atoms. The Morgan fingerprint density at radius 3 is 2.75 bits per heavy atom. The quantitative estimate of drug-likeness (QED) is 0.396. The van der Waals surface area contributed by atoms with E-state index >= 15 is 0 Å². The normalized spacial score (nSPS) is 8.00. The summed E-state index contributed by atoms with van der Waals surface area (Å²) < 4.78 is 0. The third-order valence-electron chi connectivity index (χ3n) is 0.850. The van der Waals surface area contributed by atoms with Crippen molar-refractivity contribution in [2.75, 3.05) is 0 Å². The van der Waals surface area contributed by atoms with Gasteiger partial charge in [0.1, 0.15) is 5.78 Å². The van der Waals surface area contributed by atoms with E-state index in [2.05, 4.69) is 5.92 Å². The van der Waals surface area contributed by atoms with Crippen molar-refractivity contribution in [3.63, 3.8) is 0 Å². The molecule has 0 amide bonds. The van der Waals surface area contributed by atoms with Crippen LogP contribution >= 0.6 is 0 Å². The lowest BCUT2D eigenvalue weighted by Crippen LogP contribution is -1.87. The highest BCUT2D eigenvalue weighted by atomic mass is 16.1. The molecule has 0 heterocycles. The fourth-order valence-electron chi connectivity index (χ4n) is 0.439. The summed E-state index contributed by atoms with van der Waals surface area (Å²) in [6, 6.07) is 0. The fraction of sp³-hybridized carbons (Fsp3) is 0.571. The summed E-state index contributed by atoms with van der Waals surface area (Å²) in [5, 5.41) is 0. The number of ketones is 1. The van der Waals surface area contributed by atoms with E-state index in [0.29, 0.717) is 6.42 Å². The molecule has 0 aromatic carbocycles. The van der Waals surface area contributed by atoms with Crippen molar-refractivity contribution >= 4 is 5.78 Å². The van der Waals surface area contributed by atoms with E-state index in [1.165, 1.54) is 0 Å². The maximum Gasteiger partial charge on any atom is 0.129 e. The first-order chi connectivity index (χ1) is 3.77. The Kier molecular flexibility index (Phi) is 3.97. The Morgan fingerprint density at radius 1 is 1.75 bits per heavy atom. The minimum absolute atomic E-state index is 0.222. The maximum atomic E-state index is 10.2. The zero-order valence-electron chi connectivity index (χ0n) is 5.11. The highest BCUT2D eigenvalue weighted by Crippen LogP contribution is 1.92. The van der Waals surface area contributed by atoms with Crippen LogP contribution in [0, 0.1) is 12.3 Å². The van der Waals surface area contributed by atoms with Crippen LogP contribution in [-0.2, 0) is 4.79 Å². The molecule has 0 spiro atoms. The van der Waals surface area contributed by atoms with Gasteiger partial charge in [0.15, 0.2) is 0 Å². The van der Waals surface area contributed by atoms with E-state index < -0.39 is 0 Å². The minimum atomic E-state index is 0.222. The van der Waals surface area contributed by atoms with E-state index in [4.69, 9.17) is 6.42 Å². The van der Waals surface area contributed by atoms with Crippen molar-refractivity contribution in [3.8, 4) is 12.3 Å². The lowest BCUT2D eigenvalue weighted by Gasteiger charge is -1.86. The molecule has 0 fully saturated rings. The molecule has 0 rings (SSSR count). The molecule has 0 aliphatic rings. The molecule has 0 aromatic heterocycles. The molecule has 0 aliphatic carbocycles. The lowest BCUT2D eigenvalue weighted by molar-refractivity contribution is -0.117. The smallest absolute Gasteiger partial charge is 0.129 e. The molecule has 0 saturated carbocycles. The van der Waals surface area contributed by atoms with Gasteiger partial charge in [-0.3, -0.25) is 0 Å².